The summed E-state index contributed by atoms with van der Waals surface area (Å²) in [5, 5.41) is 0.811. The number of hydrogen-bond donors (Lipinski definition) is 0. The largest absolute Gasteiger partial charge is 0.464 e. The minimum absolute atomic E-state index is 0.127. The molecule has 0 spiro atoms. The van der Waals surface area contributed by atoms with E-state index in [1.165, 1.54) is 19.9 Å². The Kier molecular flexibility index (Phi) is 2.64. The second-order valence-electron chi connectivity index (χ2n) is 4.92. The van der Waals surface area contributed by atoms with E-state index in [4.69, 9.17) is 13.9 Å². The van der Waals surface area contributed by atoms with Crippen LogP contribution in [0.3, 0.4) is 0 Å². The van der Waals surface area contributed by atoms with Gasteiger partial charge in [0.2, 0.25) is 0 Å². The summed E-state index contributed by atoms with van der Waals surface area (Å²) in [6.45, 7) is 3.02. The molecule has 3 rings (SSSR count). The van der Waals surface area contributed by atoms with Crippen molar-refractivity contribution in [3.05, 3.63) is 41.7 Å². The highest BCUT2D eigenvalue weighted by Gasteiger charge is 2.38. The van der Waals surface area contributed by atoms with Crippen molar-refractivity contribution in [3.63, 3.8) is 0 Å². The Labute approximate surface area is 114 Å². The summed E-state index contributed by atoms with van der Waals surface area (Å²) < 4.78 is 15.4. The Morgan fingerprint density at radius 1 is 1.05 bits per heavy atom. The van der Waals surface area contributed by atoms with E-state index in [2.05, 4.69) is 0 Å². The van der Waals surface area contributed by atoms with Crippen LogP contribution < -0.4 is 0 Å². The number of hydrogen-bond acceptors (Lipinski definition) is 5. The van der Waals surface area contributed by atoms with Crippen molar-refractivity contribution in [2.75, 3.05) is 0 Å². The fourth-order valence-electron chi connectivity index (χ4n) is 2.08. The molecule has 0 saturated carbocycles. The normalized spacial score (nSPS) is 17.8. The summed E-state index contributed by atoms with van der Waals surface area (Å²) in [7, 11) is 0. The maximum absolute atomic E-state index is 11.9. The number of carbonyl (C=O) groups is 2. The van der Waals surface area contributed by atoms with Crippen LogP contribution in [0.1, 0.15) is 19.4 Å². The van der Waals surface area contributed by atoms with Crippen LogP contribution in [0.15, 0.2) is 40.5 Å². The van der Waals surface area contributed by atoms with Crippen molar-refractivity contribution in [1.29, 1.82) is 0 Å². The van der Waals surface area contributed by atoms with Gasteiger partial charge in [-0.1, -0.05) is 12.1 Å². The summed E-state index contributed by atoms with van der Waals surface area (Å²) >= 11 is 0. The molecule has 102 valence electrons. The van der Waals surface area contributed by atoms with Gasteiger partial charge in [-0.15, -0.1) is 0 Å². The van der Waals surface area contributed by atoms with E-state index in [9.17, 15) is 9.59 Å². The van der Waals surface area contributed by atoms with Gasteiger partial charge in [-0.05, 0) is 23.8 Å². The van der Waals surface area contributed by atoms with Gasteiger partial charge in [0.25, 0.3) is 5.79 Å². The second kappa shape index (κ2) is 4.23. The fourth-order valence-corrected chi connectivity index (χ4v) is 2.08. The number of cyclic esters (lactones) is 2. The van der Waals surface area contributed by atoms with Crippen molar-refractivity contribution in [1.82, 2.24) is 0 Å². The van der Waals surface area contributed by atoms with Gasteiger partial charge in [-0.25, -0.2) is 9.59 Å². The van der Waals surface area contributed by atoms with Crippen molar-refractivity contribution in [2.45, 2.75) is 19.6 Å². The molecule has 20 heavy (non-hydrogen) atoms. The van der Waals surface area contributed by atoms with Crippen molar-refractivity contribution in [2.24, 2.45) is 0 Å². The SMILES string of the molecule is CC1(C)OC(=O)C(=Cc2cccc3occc23)C(=O)O1. The number of esters is 2. The molecule has 1 aromatic heterocycles. The Hall–Kier alpha value is -2.56. The van der Waals surface area contributed by atoms with E-state index in [-0.39, 0.29) is 5.57 Å². The van der Waals surface area contributed by atoms with Gasteiger partial charge in [-0.3, -0.25) is 0 Å². The van der Waals surface area contributed by atoms with E-state index in [1.807, 2.05) is 0 Å². The Balaban J connectivity index is 2.06. The first kappa shape index (κ1) is 12.5. The Bertz CT molecular complexity index is 714. The monoisotopic (exact) mass is 272 g/mol. The van der Waals surface area contributed by atoms with Gasteiger partial charge < -0.3 is 13.9 Å². The zero-order chi connectivity index (χ0) is 14.3. The van der Waals surface area contributed by atoms with Crippen LogP contribution in [-0.2, 0) is 19.1 Å². The van der Waals surface area contributed by atoms with Crippen LogP contribution in [0, 0.1) is 0 Å². The molecule has 1 fully saturated rings. The molecule has 0 N–H and O–H groups in total. The molecule has 5 nitrogen and oxygen atoms in total. The highest BCUT2D eigenvalue weighted by Crippen LogP contribution is 2.27. The molecule has 0 radical (unpaired) electrons. The molecule has 1 aromatic carbocycles. The summed E-state index contributed by atoms with van der Waals surface area (Å²) in [4.78, 5) is 23.8. The first-order chi connectivity index (χ1) is 9.46. The molecule has 0 unspecified atom stereocenters. The smallest absolute Gasteiger partial charge is 0.348 e. The summed E-state index contributed by atoms with van der Waals surface area (Å²) in [6, 6.07) is 7.13. The summed E-state index contributed by atoms with van der Waals surface area (Å²) in [6.07, 6.45) is 3.01. The standard InChI is InChI=1S/C15H12O5/c1-15(2)19-13(16)11(14(17)20-15)8-9-4-3-5-12-10(9)6-7-18-12/h3-8H,1-2H3. The molecular formula is C15H12O5. The van der Waals surface area contributed by atoms with Crippen LogP contribution in [0.25, 0.3) is 17.0 Å². The lowest BCUT2D eigenvalue weighted by atomic mass is 10.1. The molecule has 1 saturated heterocycles. The molecule has 5 heteroatoms. The van der Waals surface area contributed by atoms with Gasteiger partial charge in [-0.2, -0.15) is 0 Å². The van der Waals surface area contributed by atoms with Crippen LogP contribution in [-0.4, -0.2) is 17.7 Å². The number of furan rings is 1. The lowest BCUT2D eigenvalue weighted by molar-refractivity contribution is -0.222. The fraction of sp³-hybridized carbons (Fsp3) is 0.200. The molecule has 1 aliphatic heterocycles. The third kappa shape index (κ3) is 2.07. The van der Waals surface area contributed by atoms with E-state index in [1.54, 1.807) is 30.5 Å². The molecule has 0 aliphatic carbocycles. The van der Waals surface area contributed by atoms with Crippen molar-refractivity contribution in [3.8, 4) is 0 Å². The van der Waals surface area contributed by atoms with E-state index < -0.39 is 17.7 Å². The molecule has 2 heterocycles. The molecule has 2 aromatic rings. The molecule has 1 aliphatic rings. The average molecular weight is 272 g/mol. The number of carbonyl (C=O) groups excluding carboxylic acids is 2. The van der Waals surface area contributed by atoms with Gasteiger partial charge in [0.15, 0.2) is 0 Å². The summed E-state index contributed by atoms with van der Waals surface area (Å²) in [5.41, 5.74) is 1.25. The number of rotatable bonds is 1. The highest BCUT2D eigenvalue weighted by atomic mass is 16.7. The van der Waals surface area contributed by atoms with Crippen LogP contribution >= 0.6 is 0 Å². The maximum Gasteiger partial charge on any atom is 0.348 e. The average Bonchev–Trinajstić information content (AvgIpc) is 2.81. The van der Waals surface area contributed by atoms with Crippen molar-refractivity contribution < 1.29 is 23.5 Å². The molecular weight excluding hydrogens is 260 g/mol. The third-order valence-corrected chi connectivity index (χ3v) is 2.95. The van der Waals surface area contributed by atoms with Crippen LogP contribution in [0.4, 0.5) is 0 Å². The Morgan fingerprint density at radius 2 is 1.75 bits per heavy atom. The minimum Gasteiger partial charge on any atom is -0.464 e. The first-order valence-corrected chi connectivity index (χ1v) is 6.11. The zero-order valence-electron chi connectivity index (χ0n) is 11.0. The lowest BCUT2D eigenvalue weighted by Crippen LogP contribution is -2.41. The summed E-state index contributed by atoms with van der Waals surface area (Å²) in [5.74, 6) is -2.61. The number of benzene rings is 1. The van der Waals surface area contributed by atoms with Gasteiger partial charge in [0.1, 0.15) is 11.2 Å². The molecule has 0 amide bonds. The zero-order valence-corrected chi connectivity index (χ0v) is 11.0. The Morgan fingerprint density at radius 3 is 2.45 bits per heavy atom. The first-order valence-electron chi connectivity index (χ1n) is 6.11. The topological polar surface area (TPSA) is 65.7 Å². The van der Waals surface area contributed by atoms with Gasteiger partial charge >= 0.3 is 11.9 Å². The number of fused-ring (bicyclic) bond motifs is 1. The minimum atomic E-state index is -1.23. The third-order valence-electron chi connectivity index (χ3n) is 2.95. The van der Waals surface area contributed by atoms with E-state index >= 15 is 0 Å². The number of ether oxygens (including phenoxy) is 2. The van der Waals surface area contributed by atoms with Crippen LogP contribution in [0.5, 0.6) is 0 Å². The predicted molar refractivity (Wildman–Crippen MR) is 70.5 cm³/mol. The highest BCUT2D eigenvalue weighted by molar-refractivity contribution is 6.19. The van der Waals surface area contributed by atoms with E-state index in [0.29, 0.717) is 11.1 Å². The van der Waals surface area contributed by atoms with Gasteiger partial charge in [0.05, 0.1) is 6.26 Å². The maximum atomic E-state index is 11.9. The predicted octanol–water partition coefficient (Wildman–Crippen LogP) is 2.65. The lowest BCUT2D eigenvalue weighted by Gasteiger charge is -2.29. The second-order valence-corrected chi connectivity index (χ2v) is 4.92. The quantitative estimate of drug-likeness (QED) is 0.453. The van der Waals surface area contributed by atoms with Crippen molar-refractivity contribution >= 4 is 29.0 Å². The van der Waals surface area contributed by atoms with Gasteiger partial charge in [0, 0.05) is 19.2 Å². The van der Waals surface area contributed by atoms with E-state index in [0.717, 1.165) is 5.39 Å². The molecule has 0 atom stereocenters. The molecule has 0 bridgehead atoms. The van der Waals surface area contributed by atoms with Crippen LogP contribution in [0.2, 0.25) is 0 Å².